The quantitative estimate of drug-likeness (QED) is 0.796. The van der Waals surface area contributed by atoms with Gasteiger partial charge in [0.15, 0.2) is 5.82 Å². The van der Waals surface area contributed by atoms with Gasteiger partial charge in [0, 0.05) is 0 Å². The van der Waals surface area contributed by atoms with Crippen LogP contribution >= 0.6 is 0 Å². The number of hydrogen-bond donors (Lipinski definition) is 0. The fourth-order valence-corrected chi connectivity index (χ4v) is 2.22. The number of methoxy groups -OCH3 is 2. The van der Waals surface area contributed by atoms with Crippen LogP contribution in [0.4, 0.5) is 4.39 Å². The molecule has 0 radical (unpaired) electrons. The van der Waals surface area contributed by atoms with Crippen LogP contribution in [-0.4, -0.2) is 26.2 Å². The largest absolute Gasteiger partial charge is 0.465 e. The third kappa shape index (κ3) is 3.23. The Hall–Kier alpha value is -1.91. The second-order valence-electron chi connectivity index (χ2n) is 5.41. The fourth-order valence-electron chi connectivity index (χ4n) is 2.22. The van der Waals surface area contributed by atoms with Gasteiger partial charge in [-0.25, -0.2) is 14.0 Å². The standard InChI is InChI=1S/C16H21FO4/c1-8(2)10-7-11(9(3)4)13(16(19)21-6)14(17)12(10)15(18)20-5/h7-9H,1-6H3. The van der Waals surface area contributed by atoms with Gasteiger partial charge in [-0.3, -0.25) is 0 Å². The molecule has 0 fully saturated rings. The molecule has 0 spiro atoms. The van der Waals surface area contributed by atoms with Crippen LogP contribution in [0, 0.1) is 5.82 Å². The van der Waals surface area contributed by atoms with E-state index in [1.807, 2.05) is 27.7 Å². The number of halogens is 1. The summed E-state index contributed by atoms with van der Waals surface area (Å²) >= 11 is 0. The smallest absolute Gasteiger partial charge is 0.341 e. The Morgan fingerprint density at radius 2 is 1.24 bits per heavy atom. The second-order valence-corrected chi connectivity index (χ2v) is 5.41. The van der Waals surface area contributed by atoms with Gasteiger partial charge in [0.05, 0.1) is 25.3 Å². The van der Waals surface area contributed by atoms with Crippen molar-refractivity contribution in [1.29, 1.82) is 0 Å². The lowest BCUT2D eigenvalue weighted by atomic mass is 9.87. The van der Waals surface area contributed by atoms with Gasteiger partial charge in [-0.05, 0) is 23.0 Å². The number of ether oxygens (including phenoxy) is 2. The van der Waals surface area contributed by atoms with E-state index in [0.717, 1.165) is 0 Å². The predicted molar refractivity (Wildman–Crippen MR) is 77.3 cm³/mol. The Balaban J connectivity index is 3.80. The minimum atomic E-state index is -0.872. The Bertz CT molecular complexity index is 516. The molecule has 0 unspecified atom stereocenters. The lowest BCUT2D eigenvalue weighted by Crippen LogP contribution is -2.18. The third-order valence-corrected chi connectivity index (χ3v) is 3.35. The molecule has 0 aliphatic heterocycles. The first-order chi connectivity index (χ1) is 9.76. The van der Waals surface area contributed by atoms with Crippen LogP contribution in [0.2, 0.25) is 0 Å². The number of hydrogen-bond acceptors (Lipinski definition) is 4. The van der Waals surface area contributed by atoms with Gasteiger partial charge < -0.3 is 9.47 Å². The van der Waals surface area contributed by atoms with Gasteiger partial charge >= 0.3 is 11.9 Å². The summed E-state index contributed by atoms with van der Waals surface area (Å²) in [7, 11) is 2.36. The lowest BCUT2D eigenvalue weighted by molar-refractivity contribution is 0.0586. The van der Waals surface area contributed by atoms with Crippen LogP contribution in [0.15, 0.2) is 6.07 Å². The van der Waals surface area contributed by atoms with E-state index in [2.05, 4.69) is 9.47 Å². The van der Waals surface area contributed by atoms with Gasteiger partial charge in [0.25, 0.3) is 0 Å². The first kappa shape index (κ1) is 17.1. The molecule has 1 aromatic rings. The molecule has 0 N–H and O–H groups in total. The Morgan fingerprint density at radius 1 is 0.905 bits per heavy atom. The first-order valence-electron chi connectivity index (χ1n) is 6.79. The zero-order valence-electron chi connectivity index (χ0n) is 13.2. The van der Waals surface area contributed by atoms with E-state index in [9.17, 15) is 14.0 Å². The maximum atomic E-state index is 14.8. The monoisotopic (exact) mass is 296 g/mol. The van der Waals surface area contributed by atoms with E-state index in [0.29, 0.717) is 11.1 Å². The maximum Gasteiger partial charge on any atom is 0.341 e. The SMILES string of the molecule is COC(=O)c1c(C(C)C)cc(C(C)C)c(C(=O)OC)c1F. The molecule has 0 aliphatic carbocycles. The molecule has 116 valence electrons. The van der Waals surface area contributed by atoms with Crippen LogP contribution < -0.4 is 0 Å². The summed E-state index contributed by atoms with van der Waals surface area (Å²) in [6.07, 6.45) is 0. The van der Waals surface area contributed by atoms with Crippen LogP contribution in [0.1, 0.15) is 71.4 Å². The molecule has 0 aromatic heterocycles. The predicted octanol–water partition coefficient (Wildman–Crippen LogP) is 3.65. The van der Waals surface area contributed by atoms with Crippen molar-refractivity contribution in [3.05, 3.63) is 34.1 Å². The van der Waals surface area contributed by atoms with E-state index in [1.54, 1.807) is 6.07 Å². The van der Waals surface area contributed by atoms with Gasteiger partial charge in [-0.1, -0.05) is 33.8 Å². The lowest BCUT2D eigenvalue weighted by Gasteiger charge is -2.19. The zero-order valence-corrected chi connectivity index (χ0v) is 13.2. The molecule has 0 amide bonds. The van der Waals surface area contributed by atoms with E-state index in [4.69, 9.17) is 0 Å². The van der Waals surface area contributed by atoms with Crippen LogP contribution in [0.25, 0.3) is 0 Å². The minimum absolute atomic E-state index is 0.0854. The molecule has 21 heavy (non-hydrogen) atoms. The summed E-state index contributed by atoms with van der Waals surface area (Å²) in [6.45, 7) is 7.40. The zero-order chi connectivity index (χ0) is 16.3. The van der Waals surface area contributed by atoms with Crippen molar-refractivity contribution in [3.63, 3.8) is 0 Å². The van der Waals surface area contributed by atoms with Crippen molar-refractivity contribution in [2.45, 2.75) is 39.5 Å². The van der Waals surface area contributed by atoms with Crippen molar-refractivity contribution in [2.75, 3.05) is 14.2 Å². The molecule has 0 bridgehead atoms. The molecular formula is C16H21FO4. The number of esters is 2. The average molecular weight is 296 g/mol. The highest BCUT2D eigenvalue weighted by Gasteiger charge is 2.29. The van der Waals surface area contributed by atoms with E-state index < -0.39 is 17.8 Å². The summed E-state index contributed by atoms with van der Waals surface area (Å²) in [5.41, 5.74) is 0.654. The van der Waals surface area contributed by atoms with Crippen LogP contribution in [-0.2, 0) is 9.47 Å². The number of rotatable bonds is 4. The Morgan fingerprint density at radius 3 is 1.48 bits per heavy atom. The van der Waals surface area contributed by atoms with Crippen molar-refractivity contribution in [1.82, 2.24) is 0 Å². The number of benzene rings is 1. The molecule has 0 heterocycles. The number of carbonyl (C=O) groups is 2. The van der Waals surface area contributed by atoms with Crippen molar-refractivity contribution in [2.24, 2.45) is 0 Å². The van der Waals surface area contributed by atoms with Crippen molar-refractivity contribution < 1.29 is 23.5 Å². The number of carbonyl (C=O) groups excluding carboxylic acids is 2. The molecule has 5 heteroatoms. The Kier molecular flexibility index (Phi) is 5.47. The topological polar surface area (TPSA) is 52.6 Å². The second kappa shape index (κ2) is 6.70. The van der Waals surface area contributed by atoms with Crippen LogP contribution in [0.3, 0.4) is 0 Å². The highest BCUT2D eigenvalue weighted by atomic mass is 19.1. The van der Waals surface area contributed by atoms with Gasteiger partial charge in [-0.15, -0.1) is 0 Å². The summed E-state index contributed by atoms with van der Waals surface area (Å²) < 4.78 is 24.1. The van der Waals surface area contributed by atoms with Gasteiger partial charge in [0.2, 0.25) is 0 Å². The van der Waals surface area contributed by atoms with Gasteiger partial charge in [0.1, 0.15) is 0 Å². The fraction of sp³-hybridized carbons (Fsp3) is 0.500. The molecule has 1 aromatic carbocycles. The maximum absolute atomic E-state index is 14.8. The summed E-state index contributed by atoms with van der Waals surface area (Å²) in [5.74, 6) is -2.63. The van der Waals surface area contributed by atoms with Crippen molar-refractivity contribution in [3.8, 4) is 0 Å². The Labute approximate surface area is 124 Å². The average Bonchev–Trinajstić information content (AvgIpc) is 2.44. The minimum Gasteiger partial charge on any atom is -0.465 e. The van der Waals surface area contributed by atoms with Crippen molar-refractivity contribution >= 4 is 11.9 Å². The summed E-state index contributed by atoms with van der Waals surface area (Å²) in [6, 6.07) is 1.69. The van der Waals surface area contributed by atoms with E-state index in [-0.39, 0.29) is 23.0 Å². The molecule has 0 saturated heterocycles. The van der Waals surface area contributed by atoms with Gasteiger partial charge in [-0.2, -0.15) is 0 Å². The van der Waals surface area contributed by atoms with E-state index in [1.165, 1.54) is 14.2 Å². The third-order valence-electron chi connectivity index (χ3n) is 3.35. The van der Waals surface area contributed by atoms with Crippen LogP contribution in [0.5, 0.6) is 0 Å². The van der Waals surface area contributed by atoms with E-state index >= 15 is 0 Å². The normalized spacial score (nSPS) is 10.9. The molecule has 1 rings (SSSR count). The highest BCUT2D eigenvalue weighted by Crippen LogP contribution is 2.32. The molecule has 0 aliphatic rings. The molecule has 4 nitrogen and oxygen atoms in total. The summed E-state index contributed by atoms with van der Waals surface area (Å²) in [4.78, 5) is 23.8. The molecular weight excluding hydrogens is 275 g/mol. The molecule has 0 saturated carbocycles. The first-order valence-corrected chi connectivity index (χ1v) is 6.79. The summed E-state index contributed by atoms with van der Waals surface area (Å²) in [5, 5.41) is 0. The molecule has 0 atom stereocenters. The highest BCUT2D eigenvalue weighted by molar-refractivity contribution is 5.98.